The maximum atomic E-state index is 13.0. The molecule has 2 heterocycles. The van der Waals surface area contributed by atoms with Crippen LogP contribution in [0.3, 0.4) is 0 Å². The number of ether oxygens (including phenoxy) is 1. The molecule has 1 aromatic heterocycles. The summed E-state index contributed by atoms with van der Waals surface area (Å²) in [6, 6.07) is 0. The van der Waals surface area contributed by atoms with Crippen molar-refractivity contribution in [2.24, 2.45) is 11.3 Å². The van der Waals surface area contributed by atoms with E-state index in [1.165, 1.54) is 0 Å². The van der Waals surface area contributed by atoms with E-state index in [1.54, 1.807) is 32.1 Å². The fraction of sp³-hybridized carbons (Fsp3) is 0.640. The van der Waals surface area contributed by atoms with E-state index in [0.717, 1.165) is 35.5 Å². The molecule has 1 aliphatic heterocycles. The van der Waals surface area contributed by atoms with Crippen molar-refractivity contribution < 1.29 is 24.5 Å². The lowest BCUT2D eigenvalue weighted by Crippen LogP contribution is -2.44. The van der Waals surface area contributed by atoms with Crippen LogP contribution in [0, 0.1) is 18.3 Å². The van der Waals surface area contributed by atoms with Gasteiger partial charge in [0.1, 0.15) is 11.9 Å². The van der Waals surface area contributed by atoms with Gasteiger partial charge in [0.2, 0.25) is 0 Å². The maximum absolute atomic E-state index is 13.0. The van der Waals surface area contributed by atoms with Crippen LogP contribution in [-0.4, -0.2) is 45.3 Å². The summed E-state index contributed by atoms with van der Waals surface area (Å²) in [5.41, 5.74) is 0.530. The number of hydrogen-bond acceptors (Lipinski definition) is 7. The Hall–Kier alpha value is -1.83. The van der Waals surface area contributed by atoms with Gasteiger partial charge < -0.3 is 14.9 Å². The van der Waals surface area contributed by atoms with Crippen LogP contribution in [0.5, 0.6) is 0 Å². The Labute approximate surface area is 195 Å². The van der Waals surface area contributed by atoms with Gasteiger partial charge in [0.25, 0.3) is 0 Å². The van der Waals surface area contributed by atoms with E-state index in [0.29, 0.717) is 12.8 Å². The molecule has 2 rings (SSSR count). The van der Waals surface area contributed by atoms with Crippen molar-refractivity contribution >= 4 is 29.2 Å². The number of aromatic nitrogens is 1. The number of allylic oxidation sites excluding steroid dienone is 1. The zero-order chi connectivity index (χ0) is 23.9. The molecule has 0 amide bonds. The number of aliphatic hydroxyl groups is 2. The third kappa shape index (κ3) is 7.36. The van der Waals surface area contributed by atoms with E-state index < -0.39 is 35.6 Å². The van der Waals surface area contributed by atoms with Crippen LogP contribution >= 0.6 is 11.3 Å². The van der Waals surface area contributed by atoms with E-state index in [9.17, 15) is 19.8 Å². The molecule has 0 fully saturated rings. The molecule has 1 aromatic rings. The second-order valence-electron chi connectivity index (χ2n) is 9.31. The first-order chi connectivity index (χ1) is 15.0. The van der Waals surface area contributed by atoms with E-state index in [4.69, 9.17) is 4.74 Å². The Morgan fingerprint density at radius 3 is 2.62 bits per heavy atom. The van der Waals surface area contributed by atoms with Gasteiger partial charge in [-0.1, -0.05) is 39.3 Å². The van der Waals surface area contributed by atoms with Gasteiger partial charge in [-0.2, -0.15) is 0 Å². The van der Waals surface area contributed by atoms with E-state index in [-0.39, 0.29) is 12.2 Å². The summed E-state index contributed by atoms with van der Waals surface area (Å²) in [5, 5.41) is 24.1. The molecule has 0 saturated carbocycles. The third-order valence-electron chi connectivity index (χ3n) is 6.25. The first-order valence-corrected chi connectivity index (χ1v) is 12.3. The SMILES string of the molecule is C/C(=C\c1csc(C)n1)[C@@H]1C/C=C/CCCC[C@H](O)[C@H](C)C(=O)C(C)(C)[C@@H](O)CC(=O)O1. The van der Waals surface area contributed by atoms with Gasteiger partial charge in [0.05, 0.1) is 34.7 Å². The molecule has 0 bridgehead atoms. The number of Topliss-reactive ketones (excluding diaryl/α,β-unsaturated/α-hetero) is 1. The molecule has 1 aliphatic rings. The van der Waals surface area contributed by atoms with Crippen molar-refractivity contribution in [1.29, 1.82) is 0 Å². The first-order valence-electron chi connectivity index (χ1n) is 11.4. The molecule has 6 nitrogen and oxygen atoms in total. The minimum absolute atomic E-state index is 0.246. The molecule has 2 N–H and O–H groups in total. The zero-order valence-corrected chi connectivity index (χ0v) is 20.7. The van der Waals surface area contributed by atoms with Crippen molar-refractivity contribution in [1.82, 2.24) is 4.98 Å². The second kappa shape index (κ2) is 11.9. The predicted octanol–water partition coefficient (Wildman–Crippen LogP) is 4.63. The van der Waals surface area contributed by atoms with Crippen LogP contribution in [0.25, 0.3) is 6.08 Å². The highest BCUT2D eigenvalue weighted by Crippen LogP contribution is 2.31. The number of carbonyl (C=O) groups is 2. The molecule has 0 aliphatic carbocycles. The number of hydrogen-bond donors (Lipinski definition) is 2. The number of ketones is 1. The highest BCUT2D eigenvalue weighted by Gasteiger charge is 2.41. The number of carbonyl (C=O) groups excluding carboxylic acids is 2. The van der Waals surface area contributed by atoms with Crippen LogP contribution in [-0.2, 0) is 14.3 Å². The summed E-state index contributed by atoms with van der Waals surface area (Å²) in [6.07, 6.45) is 6.89. The van der Waals surface area contributed by atoms with Crippen molar-refractivity contribution in [3.05, 3.63) is 33.8 Å². The van der Waals surface area contributed by atoms with Gasteiger partial charge in [0, 0.05) is 17.7 Å². The van der Waals surface area contributed by atoms with E-state index in [1.807, 2.05) is 31.4 Å². The number of aliphatic hydroxyl groups excluding tert-OH is 2. The standard InChI is InChI=1S/C25H37NO5S/c1-16(13-19-15-32-18(3)26-19)21-12-10-8-6-7-9-11-20(27)17(2)24(30)25(4,5)22(28)14-23(29)31-21/h8,10,13,15,17,20-22,27-28H,6-7,9,11-12,14H2,1-5H3/b10-8+,16-13+/t17-,20-,21-,22-/m0/s1. The van der Waals surface area contributed by atoms with Crippen LogP contribution in [0.1, 0.15) is 76.9 Å². The summed E-state index contributed by atoms with van der Waals surface area (Å²) in [6.45, 7) is 8.78. The average molecular weight is 464 g/mol. The quantitative estimate of drug-likeness (QED) is 0.490. The monoisotopic (exact) mass is 463 g/mol. The van der Waals surface area contributed by atoms with Crippen molar-refractivity contribution in [2.75, 3.05) is 0 Å². The predicted molar refractivity (Wildman–Crippen MR) is 127 cm³/mol. The molecule has 178 valence electrons. The summed E-state index contributed by atoms with van der Waals surface area (Å²) < 4.78 is 5.74. The van der Waals surface area contributed by atoms with Crippen molar-refractivity contribution in [3.8, 4) is 0 Å². The number of aryl methyl sites for hydroxylation is 1. The molecule has 0 saturated heterocycles. The molecular weight excluding hydrogens is 426 g/mol. The summed E-state index contributed by atoms with van der Waals surface area (Å²) >= 11 is 1.56. The number of thiazole rings is 1. The highest BCUT2D eigenvalue weighted by atomic mass is 32.1. The van der Waals surface area contributed by atoms with Gasteiger partial charge >= 0.3 is 5.97 Å². The Balaban J connectivity index is 2.24. The summed E-state index contributed by atoms with van der Waals surface area (Å²) in [7, 11) is 0. The maximum Gasteiger partial charge on any atom is 0.309 e. The van der Waals surface area contributed by atoms with Crippen LogP contribution in [0.4, 0.5) is 0 Å². The number of rotatable bonds is 2. The summed E-state index contributed by atoms with van der Waals surface area (Å²) in [4.78, 5) is 30.1. The minimum Gasteiger partial charge on any atom is -0.457 e. The van der Waals surface area contributed by atoms with Crippen LogP contribution < -0.4 is 0 Å². The number of cyclic esters (lactones) is 1. The first kappa shape index (κ1) is 26.4. The number of esters is 1. The van der Waals surface area contributed by atoms with E-state index in [2.05, 4.69) is 11.1 Å². The molecule has 0 unspecified atom stereocenters. The molecule has 0 spiro atoms. The van der Waals surface area contributed by atoms with Crippen LogP contribution in [0.2, 0.25) is 0 Å². The highest BCUT2D eigenvalue weighted by molar-refractivity contribution is 7.09. The fourth-order valence-electron chi connectivity index (χ4n) is 3.85. The van der Waals surface area contributed by atoms with Gasteiger partial charge in [-0.15, -0.1) is 11.3 Å². The normalized spacial score (nSPS) is 30.0. The Bertz CT molecular complexity index is 841. The zero-order valence-electron chi connectivity index (χ0n) is 19.8. The average Bonchev–Trinajstić information content (AvgIpc) is 3.14. The molecule has 0 aromatic carbocycles. The van der Waals surface area contributed by atoms with Crippen molar-refractivity contribution in [2.45, 2.75) is 91.5 Å². The lowest BCUT2D eigenvalue weighted by Gasteiger charge is -2.33. The number of nitrogens with zero attached hydrogens (tertiary/aromatic N) is 1. The van der Waals surface area contributed by atoms with Gasteiger partial charge in [-0.05, 0) is 44.8 Å². The third-order valence-corrected chi connectivity index (χ3v) is 7.04. The molecule has 32 heavy (non-hydrogen) atoms. The topological polar surface area (TPSA) is 96.7 Å². The lowest BCUT2D eigenvalue weighted by molar-refractivity contribution is -0.153. The van der Waals surface area contributed by atoms with Gasteiger partial charge in [-0.3, -0.25) is 9.59 Å². The van der Waals surface area contributed by atoms with Crippen LogP contribution in [0.15, 0.2) is 23.1 Å². The Morgan fingerprint density at radius 2 is 1.97 bits per heavy atom. The fourth-order valence-corrected chi connectivity index (χ4v) is 4.42. The van der Waals surface area contributed by atoms with E-state index >= 15 is 0 Å². The van der Waals surface area contributed by atoms with Crippen molar-refractivity contribution in [3.63, 3.8) is 0 Å². The smallest absolute Gasteiger partial charge is 0.309 e. The molecule has 4 atom stereocenters. The van der Waals surface area contributed by atoms with Gasteiger partial charge in [-0.25, -0.2) is 4.98 Å². The molecular formula is C25H37NO5S. The largest absolute Gasteiger partial charge is 0.457 e. The molecule has 7 heteroatoms. The summed E-state index contributed by atoms with van der Waals surface area (Å²) in [5.74, 6) is -1.42. The lowest BCUT2D eigenvalue weighted by atomic mass is 9.74. The van der Waals surface area contributed by atoms with Gasteiger partial charge in [0.15, 0.2) is 0 Å². The Kier molecular flexibility index (Phi) is 9.80. The molecule has 0 radical (unpaired) electrons. The Morgan fingerprint density at radius 1 is 1.25 bits per heavy atom. The minimum atomic E-state index is -1.20. The second-order valence-corrected chi connectivity index (χ2v) is 10.4.